The fraction of sp³-hybridized carbons (Fsp3) is 0.733. The lowest BCUT2D eigenvalue weighted by Crippen LogP contribution is -2.26. The van der Waals surface area contributed by atoms with Crippen LogP contribution in [0, 0.1) is 17.8 Å². The van der Waals surface area contributed by atoms with E-state index in [1.807, 2.05) is 0 Å². The second-order valence-corrected chi connectivity index (χ2v) is 5.89. The van der Waals surface area contributed by atoms with E-state index in [2.05, 4.69) is 12.2 Å². The summed E-state index contributed by atoms with van der Waals surface area (Å²) in [5.74, 6) is 0.171. The number of allylic oxidation sites excluding steroid dienone is 2. The molecule has 3 aliphatic rings. The first-order valence-electron chi connectivity index (χ1n) is 7.27. The molecule has 0 aromatic rings. The van der Waals surface area contributed by atoms with Gasteiger partial charge in [0.2, 0.25) is 0 Å². The minimum absolute atomic E-state index is 0.0385. The van der Waals surface area contributed by atoms with E-state index in [4.69, 9.17) is 9.47 Å². The van der Waals surface area contributed by atoms with Crippen LogP contribution in [0.5, 0.6) is 0 Å². The Balaban J connectivity index is 1.40. The van der Waals surface area contributed by atoms with Crippen LogP contribution in [0.1, 0.15) is 38.5 Å². The fourth-order valence-electron chi connectivity index (χ4n) is 3.51. The van der Waals surface area contributed by atoms with E-state index >= 15 is 0 Å². The lowest BCUT2D eigenvalue weighted by molar-refractivity contribution is -0.164. The van der Waals surface area contributed by atoms with Crippen LogP contribution in [0.4, 0.5) is 0 Å². The first kappa shape index (κ1) is 12.7. The normalized spacial score (nSPS) is 32.7. The predicted molar refractivity (Wildman–Crippen MR) is 68.2 cm³/mol. The lowest BCUT2D eigenvalue weighted by atomic mass is 9.94. The first-order chi connectivity index (χ1) is 9.22. The molecule has 3 unspecified atom stereocenters. The fourth-order valence-corrected chi connectivity index (χ4v) is 3.51. The molecule has 0 amide bonds. The van der Waals surface area contributed by atoms with Gasteiger partial charge in [0.25, 0.3) is 0 Å². The van der Waals surface area contributed by atoms with E-state index in [0.717, 1.165) is 38.5 Å². The molecule has 2 fully saturated rings. The zero-order valence-corrected chi connectivity index (χ0v) is 11.0. The van der Waals surface area contributed by atoms with Gasteiger partial charge in [-0.25, -0.2) is 4.79 Å². The maximum Gasteiger partial charge on any atom is 0.344 e. The van der Waals surface area contributed by atoms with Gasteiger partial charge >= 0.3 is 11.9 Å². The zero-order chi connectivity index (χ0) is 13.2. The molecule has 0 N–H and O–H groups in total. The van der Waals surface area contributed by atoms with E-state index in [1.54, 1.807) is 0 Å². The molecule has 2 bridgehead atoms. The molecular weight excluding hydrogens is 244 g/mol. The smallest absolute Gasteiger partial charge is 0.344 e. The average Bonchev–Trinajstić information content (AvgIpc) is 3.12. The van der Waals surface area contributed by atoms with Crippen molar-refractivity contribution in [2.75, 3.05) is 6.61 Å². The Bertz CT molecular complexity index is 395. The Hall–Kier alpha value is -1.32. The number of carbonyl (C=O) groups is 2. The number of hydrogen-bond acceptors (Lipinski definition) is 4. The summed E-state index contributed by atoms with van der Waals surface area (Å²) in [6, 6.07) is 0. The molecule has 0 aliphatic heterocycles. The summed E-state index contributed by atoms with van der Waals surface area (Å²) in [6.07, 6.45) is 10.4. The number of esters is 2. The SMILES string of the molecule is O=C(COC(=O)C1CC2C=CC1C2)OC1CCCC1. The van der Waals surface area contributed by atoms with Crippen LogP contribution in [-0.2, 0) is 19.1 Å². The molecule has 104 valence electrons. The van der Waals surface area contributed by atoms with E-state index < -0.39 is 5.97 Å². The molecule has 0 spiro atoms. The van der Waals surface area contributed by atoms with Crippen molar-refractivity contribution < 1.29 is 19.1 Å². The average molecular weight is 264 g/mol. The van der Waals surface area contributed by atoms with Crippen molar-refractivity contribution in [1.29, 1.82) is 0 Å². The highest BCUT2D eigenvalue weighted by Crippen LogP contribution is 2.43. The molecule has 3 aliphatic carbocycles. The molecule has 0 aromatic carbocycles. The molecule has 4 heteroatoms. The van der Waals surface area contributed by atoms with Gasteiger partial charge in [0.1, 0.15) is 6.10 Å². The minimum atomic E-state index is -0.404. The van der Waals surface area contributed by atoms with E-state index in [9.17, 15) is 9.59 Å². The Morgan fingerprint density at radius 2 is 1.89 bits per heavy atom. The zero-order valence-electron chi connectivity index (χ0n) is 11.0. The maximum absolute atomic E-state index is 11.9. The van der Waals surface area contributed by atoms with Crippen molar-refractivity contribution in [3.8, 4) is 0 Å². The summed E-state index contributed by atoms with van der Waals surface area (Å²) >= 11 is 0. The topological polar surface area (TPSA) is 52.6 Å². The summed E-state index contributed by atoms with van der Waals surface area (Å²) < 4.78 is 10.4. The Morgan fingerprint density at radius 3 is 2.53 bits per heavy atom. The maximum atomic E-state index is 11.9. The summed E-state index contributed by atoms with van der Waals surface area (Å²) in [7, 11) is 0. The monoisotopic (exact) mass is 264 g/mol. The molecule has 0 saturated heterocycles. The van der Waals surface area contributed by atoms with Crippen LogP contribution in [0.25, 0.3) is 0 Å². The summed E-state index contributed by atoms with van der Waals surface area (Å²) in [4.78, 5) is 23.5. The number of fused-ring (bicyclic) bond motifs is 2. The number of rotatable bonds is 4. The first-order valence-corrected chi connectivity index (χ1v) is 7.27. The van der Waals surface area contributed by atoms with Crippen LogP contribution < -0.4 is 0 Å². The summed E-state index contributed by atoms with van der Waals surface area (Å²) in [5, 5.41) is 0. The number of ether oxygens (including phenoxy) is 2. The standard InChI is InChI=1S/C15H20O4/c16-14(19-12-3-1-2-4-12)9-18-15(17)13-8-10-5-6-11(13)7-10/h5-6,10-13H,1-4,7-9H2. The lowest BCUT2D eigenvalue weighted by Gasteiger charge is -2.17. The van der Waals surface area contributed by atoms with E-state index in [1.165, 1.54) is 0 Å². The van der Waals surface area contributed by atoms with E-state index in [0.29, 0.717) is 11.8 Å². The third kappa shape index (κ3) is 2.82. The minimum Gasteiger partial charge on any atom is -0.460 e. The molecule has 2 saturated carbocycles. The van der Waals surface area contributed by atoms with Gasteiger partial charge in [0, 0.05) is 0 Å². The number of carbonyl (C=O) groups excluding carboxylic acids is 2. The second-order valence-electron chi connectivity index (χ2n) is 5.89. The van der Waals surface area contributed by atoms with Crippen LogP contribution in [-0.4, -0.2) is 24.6 Å². The van der Waals surface area contributed by atoms with Crippen LogP contribution in [0.3, 0.4) is 0 Å². The second kappa shape index (κ2) is 5.35. The van der Waals surface area contributed by atoms with E-state index in [-0.39, 0.29) is 24.6 Å². The van der Waals surface area contributed by atoms with Crippen molar-refractivity contribution in [3.63, 3.8) is 0 Å². The molecule has 19 heavy (non-hydrogen) atoms. The molecule has 3 atom stereocenters. The van der Waals surface area contributed by atoms with Gasteiger partial charge in [-0.2, -0.15) is 0 Å². The van der Waals surface area contributed by atoms with Gasteiger partial charge in [-0.05, 0) is 50.4 Å². The highest BCUT2D eigenvalue weighted by atomic mass is 16.6. The van der Waals surface area contributed by atoms with Gasteiger partial charge in [-0.1, -0.05) is 12.2 Å². The Morgan fingerprint density at radius 1 is 1.11 bits per heavy atom. The van der Waals surface area contributed by atoms with Gasteiger partial charge in [-0.15, -0.1) is 0 Å². The summed E-state index contributed by atoms with van der Waals surface area (Å²) in [5.41, 5.74) is 0. The highest BCUT2D eigenvalue weighted by molar-refractivity contribution is 5.78. The van der Waals surface area contributed by atoms with Crippen molar-refractivity contribution in [1.82, 2.24) is 0 Å². The molecule has 0 aromatic heterocycles. The largest absolute Gasteiger partial charge is 0.460 e. The quantitative estimate of drug-likeness (QED) is 0.577. The predicted octanol–water partition coefficient (Wildman–Crippen LogP) is 2.23. The molecule has 0 radical (unpaired) electrons. The van der Waals surface area contributed by atoms with Crippen LogP contribution >= 0.6 is 0 Å². The molecule has 0 heterocycles. The van der Waals surface area contributed by atoms with Crippen molar-refractivity contribution in [3.05, 3.63) is 12.2 Å². The molecule has 3 rings (SSSR count). The van der Waals surface area contributed by atoms with Crippen molar-refractivity contribution in [2.24, 2.45) is 17.8 Å². The summed E-state index contributed by atoms with van der Waals surface area (Å²) in [6.45, 7) is -0.229. The van der Waals surface area contributed by atoms with Crippen molar-refractivity contribution >= 4 is 11.9 Å². The Kier molecular flexibility index (Phi) is 3.58. The van der Waals surface area contributed by atoms with Gasteiger partial charge in [0.15, 0.2) is 6.61 Å². The van der Waals surface area contributed by atoms with Gasteiger partial charge in [-0.3, -0.25) is 4.79 Å². The highest BCUT2D eigenvalue weighted by Gasteiger charge is 2.40. The van der Waals surface area contributed by atoms with Crippen molar-refractivity contribution in [2.45, 2.75) is 44.6 Å². The molecule has 4 nitrogen and oxygen atoms in total. The number of hydrogen-bond donors (Lipinski definition) is 0. The van der Waals surface area contributed by atoms with Crippen LogP contribution in [0.2, 0.25) is 0 Å². The third-order valence-electron chi connectivity index (χ3n) is 4.51. The van der Waals surface area contributed by atoms with Gasteiger partial charge in [0.05, 0.1) is 5.92 Å². The molecular formula is C15H20O4. The Labute approximate surface area is 113 Å². The van der Waals surface area contributed by atoms with Crippen LogP contribution in [0.15, 0.2) is 12.2 Å². The third-order valence-corrected chi connectivity index (χ3v) is 4.51. The van der Waals surface area contributed by atoms with Gasteiger partial charge < -0.3 is 9.47 Å².